The van der Waals surface area contributed by atoms with Crippen LogP contribution in [0.5, 0.6) is 5.88 Å². The second-order valence-electron chi connectivity index (χ2n) is 3.67. The molecule has 0 amide bonds. The van der Waals surface area contributed by atoms with Gasteiger partial charge in [-0.25, -0.2) is 9.78 Å². The monoisotopic (exact) mass is 232 g/mol. The van der Waals surface area contributed by atoms with Gasteiger partial charge in [-0.15, -0.1) is 0 Å². The van der Waals surface area contributed by atoms with Crippen LogP contribution in [-0.4, -0.2) is 35.3 Å². The predicted molar refractivity (Wildman–Crippen MR) is 60.7 cm³/mol. The first kappa shape index (κ1) is 11.4. The summed E-state index contributed by atoms with van der Waals surface area (Å²) in [6.45, 7) is 1.80. The van der Waals surface area contributed by atoms with Crippen LogP contribution in [0.3, 0.4) is 0 Å². The molecule has 1 saturated heterocycles. The van der Waals surface area contributed by atoms with E-state index in [0.29, 0.717) is 11.4 Å². The summed E-state index contributed by atoms with van der Waals surface area (Å²) in [6, 6.07) is 3.39. The molecule has 2 rings (SSSR count). The van der Waals surface area contributed by atoms with Crippen LogP contribution in [0.1, 0.15) is 12.0 Å². The Labute approximate surface area is 98.8 Å². The van der Waals surface area contributed by atoms with Crippen molar-refractivity contribution in [3.8, 4) is 17.7 Å². The van der Waals surface area contributed by atoms with Gasteiger partial charge in [-0.3, -0.25) is 0 Å². The van der Waals surface area contributed by atoms with Crippen LogP contribution < -0.4 is 10.1 Å². The summed E-state index contributed by atoms with van der Waals surface area (Å²) in [5, 5.41) is 11.6. The summed E-state index contributed by atoms with van der Waals surface area (Å²) >= 11 is 0. The lowest BCUT2D eigenvalue weighted by Gasteiger charge is -2.10. The van der Waals surface area contributed by atoms with E-state index in [9.17, 15) is 4.79 Å². The second-order valence-corrected chi connectivity index (χ2v) is 3.67. The van der Waals surface area contributed by atoms with Crippen molar-refractivity contribution in [2.45, 2.75) is 12.5 Å². The van der Waals surface area contributed by atoms with Gasteiger partial charge in [0.25, 0.3) is 0 Å². The molecule has 0 aromatic carbocycles. The molecule has 1 fully saturated rings. The Bertz CT molecular complexity index is 453. The molecule has 5 heteroatoms. The Kier molecular flexibility index (Phi) is 3.58. The lowest BCUT2D eigenvalue weighted by molar-refractivity contribution is -0.130. The maximum Gasteiger partial charge on any atom is 0.382 e. The molecule has 88 valence electrons. The SMILES string of the molecule is O=C(O)C#Cc1ccc(OC2CCNC2)nc1. The fourth-order valence-electron chi connectivity index (χ4n) is 1.55. The van der Waals surface area contributed by atoms with Crippen LogP contribution in [-0.2, 0) is 4.79 Å². The summed E-state index contributed by atoms with van der Waals surface area (Å²) in [5.74, 6) is 3.91. The average molecular weight is 232 g/mol. The van der Waals surface area contributed by atoms with E-state index in [2.05, 4.69) is 16.2 Å². The highest BCUT2D eigenvalue weighted by molar-refractivity contribution is 5.87. The molecule has 1 aromatic heterocycles. The van der Waals surface area contributed by atoms with Gasteiger partial charge in [0.2, 0.25) is 5.88 Å². The number of carboxylic acids is 1. The van der Waals surface area contributed by atoms with Crippen molar-refractivity contribution in [3.05, 3.63) is 23.9 Å². The number of aliphatic carboxylic acids is 1. The Morgan fingerprint density at radius 1 is 1.59 bits per heavy atom. The molecule has 0 spiro atoms. The summed E-state index contributed by atoms with van der Waals surface area (Å²) in [7, 11) is 0. The molecular formula is C12H12N2O3. The summed E-state index contributed by atoms with van der Waals surface area (Å²) < 4.78 is 5.62. The second kappa shape index (κ2) is 5.32. The van der Waals surface area contributed by atoms with E-state index in [1.54, 1.807) is 12.1 Å². The Morgan fingerprint density at radius 3 is 3.06 bits per heavy atom. The van der Waals surface area contributed by atoms with Crippen LogP contribution in [0.25, 0.3) is 0 Å². The lowest BCUT2D eigenvalue weighted by atomic mass is 10.3. The van der Waals surface area contributed by atoms with Crippen LogP contribution in [0, 0.1) is 11.8 Å². The van der Waals surface area contributed by atoms with E-state index in [1.807, 2.05) is 5.92 Å². The molecule has 1 atom stereocenters. The lowest BCUT2D eigenvalue weighted by Crippen LogP contribution is -2.19. The molecule has 5 nitrogen and oxygen atoms in total. The maximum atomic E-state index is 10.2. The number of carboxylic acid groups (broad SMARTS) is 1. The van der Waals surface area contributed by atoms with Gasteiger partial charge in [-0.2, -0.15) is 0 Å². The summed E-state index contributed by atoms with van der Waals surface area (Å²) in [4.78, 5) is 14.3. The van der Waals surface area contributed by atoms with E-state index >= 15 is 0 Å². The van der Waals surface area contributed by atoms with Crippen LogP contribution in [0.15, 0.2) is 18.3 Å². The molecule has 1 aromatic rings. The predicted octanol–water partition coefficient (Wildman–Crippen LogP) is 0.258. The number of ether oxygens (including phenoxy) is 1. The molecule has 1 unspecified atom stereocenters. The minimum Gasteiger partial charge on any atom is -0.473 e. The molecule has 1 aliphatic heterocycles. The van der Waals surface area contributed by atoms with Crippen molar-refractivity contribution in [1.29, 1.82) is 0 Å². The topological polar surface area (TPSA) is 71.5 Å². The van der Waals surface area contributed by atoms with Gasteiger partial charge in [-0.1, -0.05) is 5.92 Å². The van der Waals surface area contributed by atoms with Crippen molar-refractivity contribution in [3.63, 3.8) is 0 Å². The van der Waals surface area contributed by atoms with Gasteiger partial charge in [0, 0.05) is 30.3 Å². The van der Waals surface area contributed by atoms with Gasteiger partial charge in [-0.05, 0) is 19.0 Å². The first-order valence-electron chi connectivity index (χ1n) is 5.32. The quantitative estimate of drug-likeness (QED) is 0.716. The zero-order valence-corrected chi connectivity index (χ0v) is 9.14. The molecule has 2 heterocycles. The number of aromatic nitrogens is 1. The zero-order chi connectivity index (χ0) is 12.1. The smallest absolute Gasteiger partial charge is 0.382 e. The maximum absolute atomic E-state index is 10.2. The molecule has 1 aliphatic rings. The number of nitrogens with zero attached hydrogens (tertiary/aromatic N) is 1. The third-order valence-corrected chi connectivity index (χ3v) is 2.35. The van der Waals surface area contributed by atoms with E-state index in [0.717, 1.165) is 19.5 Å². The standard InChI is InChI=1S/C12H12N2O3/c15-12(16)4-2-9-1-3-11(14-7-9)17-10-5-6-13-8-10/h1,3,7,10,13H,5-6,8H2,(H,15,16). The van der Waals surface area contributed by atoms with E-state index in [1.165, 1.54) is 6.20 Å². The largest absolute Gasteiger partial charge is 0.473 e. The Hall–Kier alpha value is -2.06. The minimum absolute atomic E-state index is 0.165. The Morgan fingerprint density at radius 2 is 2.47 bits per heavy atom. The third-order valence-electron chi connectivity index (χ3n) is 2.35. The molecule has 17 heavy (non-hydrogen) atoms. The number of pyridine rings is 1. The summed E-state index contributed by atoms with van der Waals surface area (Å²) in [5.41, 5.74) is 0.560. The molecule has 0 radical (unpaired) electrons. The molecule has 0 saturated carbocycles. The average Bonchev–Trinajstić information content (AvgIpc) is 2.81. The number of hydrogen-bond donors (Lipinski definition) is 2. The number of hydrogen-bond acceptors (Lipinski definition) is 4. The molecule has 0 bridgehead atoms. The van der Waals surface area contributed by atoms with E-state index in [4.69, 9.17) is 9.84 Å². The van der Waals surface area contributed by atoms with Gasteiger partial charge in [0.05, 0.1) is 0 Å². The fraction of sp³-hybridized carbons (Fsp3) is 0.333. The van der Waals surface area contributed by atoms with Crippen LogP contribution in [0.4, 0.5) is 0 Å². The van der Waals surface area contributed by atoms with Crippen molar-refractivity contribution >= 4 is 5.97 Å². The minimum atomic E-state index is -1.15. The third kappa shape index (κ3) is 3.47. The van der Waals surface area contributed by atoms with Crippen molar-refractivity contribution in [2.75, 3.05) is 13.1 Å². The van der Waals surface area contributed by atoms with Crippen molar-refractivity contribution in [1.82, 2.24) is 10.3 Å². The normalized spacial score (nSPS) is 18.2. The van der Waals surface area contributed by atoms with Gasteiger partial charge in [0.1, 0.15) is 6.10 Å². The van der Waals surface area contributed by atoms with E-state index < -0.39 is 5.97 Å². The highest BCUT2D eigenvalue weighted by Gasteiger charge is 2.15. The van der Waals surface area contributed by atoms with Gasteiger partial charge < -0.3 is 15.2 Å². The Balaban J connectivity index is 1.98. The number of nitrogens with one attached hydrogen (secondary N) is 1. The highest BCUT2D eigenvalue weighted by atomic mass is 16.5. The number of carbonyl (C=O) groups is 1. The highest BCUT2D eigenvalue weighted by Crippen LogP contribution is 2.12. The zero-order valence-electron chi connectivity index (χ0n) is 9.14. The van der Waals surface area contributed by atoms with Gasteiger partial charge in [0.15, 0.2) is 0 Å². The van der Waals surface area contributed by atoms with Gasteiger partial charge >= 0.3 is 5.97 Å². The van der Waals surface area contributed by atoms with Crippen molar-refractivity contribution < 1.29 is 14.6 Å². The first-order valence-corrected chi connectivity index (χ1v) is 5.32. The van der Waals surface area contributed by atoms with Crippen LogP contribution in [0.2, 0.25) is 0 Å². The number of rotatable bonds is 2. The van der Waals surface area contributed by atoms with Crippen LogP contribution >= 0.6 is 0 Å². The van der Waals surface area contributed by atoms with E-state index in [-0.39, 0.29) is 6.10 Å². The summed E-state index contributed by atoms with van der Waals surface area (Å²) in [6.07, 6.45) is 2.65. The van der Waals surface area contributed by atoms with Crippen molar-refractivity contribution in [2.24, 2.45) is 0 Å². The molecular weight excluding hydrogens is 220 g/mol. The molecule has 0 aliphatic carbocycles. The first-order chi connectivity index (χ1) is 8.24. The fourth-order valence-corrected chi connectivity index (χ4v) is 1.55. The molecule has 2 N–H and O–H groups in total.